The van der Waals surface area contributed by atoms with E-state index in [0.29, 0.717) is 6.10 Å². The molecule has 5 heteroatoms. The van der Waals surface area contributed by atoms with Crippen molar-refractivity contribution in [3.8, 4) is 0 Å². The lowest BCUT2D eigenvalue weighted by Crippen LogP contribution is -2.21. The van der Waals surface area contributed by atoms with Crippen LogP contribution in [0.3, 0.4) is 0 Å². The van der Waals surface area contributed by atoms with Crippen LogP contribution in [0.1, 0.15) is 36.3 Å². The monoisotopic (exact) mass is 257 g/mol. The highest BCUT2D eigenvalue weighted by molar-refractivity contribution is 7.09. The van der Waals surface area contributed by atoms with Crippen molar-refractivity contribution in [1.82, 2.24) is 4.98 Å². The largest absolute Gasteiger partial charge is 0.378 e. The third-order valence-corrected chi connectivity index (χ3v) is 3.80. The summed E-state index contributed by atoms with van der Waals surface area (Å²) in [5.74, 6) is 0. The zero-order chi connectivity index (χ0) is 12.1. The van der Waals surface area contributed by atoms with Gasteiger partial charge in [-0.05, 0) is 19.3 Å². The first-order chi connectivity index (χ1) is 8.33. The smallest absolute Gasteiger partial charge is 0.201 e. The Morgan fingerprint density at radius 1 is 1.47 bits per heavy atom. The van der Waals surface area contributed by atoms with Gasteiger partial charge < -0.3 is 14.2 Å². The normalized spacial score (nSPS) is 21.0. The number of rotatable bonds is 5. The molecule has 1 aromatic heterocycles. The van der Waals surface area contributed by atoms with E-state index in [0.717, 1.165) is 30.2 Å². The third-order valence-electron chi connectivity index (χ3n) is 2.92. The molecule has 1 unspecified atom stereocenters. The first-order valence-corrected chi connectivity index (χ1v) is 6.83. The molecule has 1 aliphatic heterocycles. The highest BCUT2D eigenvalue weighted by Gasteiger charge is 2.18. The van der Waals surface area contributed by atoms with Crippen LogP contribution in [0.25, 0.3) is 0 Å². The summed E-state index contributed by atoms with van der Waals surface area (Å²) in [5, 5.41) is 3.10. The molecule has 0 amide bonds. The van der Waals surface area contributed by atoms with Gasteiger partial charge in [0.15, 0.2) is 0 Å². The molecule has 2 heterocycles. The Labute approximate surface area is 106 Å². The van der Waals surface area contributed by atoms with E-state index in [1.807, 2.05) is 5.38 Å². The first kappa shape index (κ1) is 13.0. The molecule has 96 valence electrons. The molecule has 0 radical (unpaired) electrons. The van der Waals surface area contributed by atoms with E-state index < -0.39 is 0 Å². The number of hydrogen-bond donors (Lipinski definition) is 0. The molecule has 1 aromatic rings. The van der Waals surface area contributed by atoms with E-state index >= 15 is 0 Å². The minimum atomic E-state index is -0.354. The number of aromatic nitrogens is 1. The molecule has 2 rings (SSSR count). The van der Waals surface area contributed by atoms with Gasteiger partial charge in [0.1, 0.15) is 5.69 Å². The summed E-state index contributed by atoms with van der Waals surface area (Å²) >= 11 is 1.65. The molecule has 17 heavy (non-hydrogen) atoms. The van der Waals surface area contributed by atoms with Crippen LogP contribution in [0.5, 0.6) is 0 Å². The van der Waals surface area contributed by atoms with Crippen molar-refractivity contribution >= 4 is 11.3 Å². The maximum Gasteiger partial charge on any atom is 0.201 e. The molecule has 0 spiro atoms. The highest BCUT2D eigenvalue weighted by Crippen LogP contribution is 2.23. The topological polar surface area (TPSA) is 40.6 Å². The summed E-state index contributed by atoms with van der Waals surface area (Å²) < 4.78 is 16.1. The van der Waals surface area contributed by atoms with Crippen LogP contribution in [0.4, 0.5) is 0 Å². The van der Waals surface area contributed by atoms with Gasteiger partial charge in [0, 0.05) is 32.6 Å². The van der Waals surface area contributed by atoms with Gasteiger partial charge >= 0.3 is 0 Å². The number of hydrogen-bond acceptors (Lipinski definition) is 5. The van der Waals surface area contributed by atoms with E-state index in [2.05, 4.69) is 4.98 Å². The van der Waals surface area contributed by atoms with Crippen LogP contribution < -0.4 is 0 Å². The Morgan fingerprint density at radius 3 is 2.94 bits per heavy atom. The Hall–Kier alpha value is -0.490. The second-order valence-electron chi connectivity index (χ2n) is 4.16. The van der Waals surface area contributed by atoms with Gasteiger partial charge in [0.25, 0.3) is 0 Å². The van der Waals surface area contributed by atoms with E-state index in [1.165, 1.54) is 12.8 Å². The molecule has 1 saturated heterocycles. The maximum absolute atomic E-state index is 5.71. The third kappa shape index (κ3) is 3.48. The minimum absolute atomic E-state index is 0.339. The van der Waals surface area contributed by atoms with Gasteiger partial charge in [-0.25, -0.2) is 4.98 Å². The van der Waals surface area contributed by atoms with Crippen LogP contribution in [0.2, 0.25) is 0 Å². The van der Waals surface area contributed by atoms with Gasteiger partial charge in [0.2, 0.25) is 6.29 Å². The average Bonchev–Trinajstić information content (AvgIpc) is 2.81. The first-order valence-electron chi connectivity index (χ1n) is 5.95. The van der Waals surface area contributed by atoms with Gasteiger partial charge in [-0.15, -0.1) is 11.3 Å². The average molecular weight is 257 g/mol. The van der Waals surface area contributed by atoms with Gasteiger partial charge in [-0.2, -0.15) is 0 Å². The van der Waals surface area contributed by atoms with Crippen molar-refractivity contribution in [1.29, 1.82) is 0 Å². The predicted octanol–water partition coefficient (Wildman–Crippen LogP) is 2.55. The van der Waals surface area contributed by atoms with Gasteiger partial charge in [-0.1, -0.05) is 0 Å². The molecular formula is C12H19NO3S. The van der Waals surface area contributed by atoms with Crippen LogP contribution in [-0.2, 0) is 20.6 Å². The molecule has 0 bridgehead atoms. The number of methoxy groups -OCH3 is 2. The van der Waals surface area contributed by atoms with Crippen LogP contribution >= 0.6 is 11.3 Å². The lowest BCUT2D eigenvalue weighted by Gasteiger charge is -2.21. The van der Waals surface area contributed by atoms with Crippen molar-refractivity contribution in [2.45, 2.75) is 38.1 Å². The Bertz CT molecular complexity index is 332. The molecule has 0 aliphatic carbocycles. The summed E-state index contributed by atoms with van der Waals surface area (Å²) in [7, 11) is 3.24. The van der Waals surface area contributed by atoms with Crippen LogP contribution in [-0.4, -0.2) is 31.9 Å². The van der Waals surface area contributed by atoms with Crippen LogP contribution in [0, 0.1) is 0 Å². The fourth-order valence-electron chi connectivity index (χ4n) is 2.03. The zero-order valence-electron chi connectivity index (χ0n) is 10.3. The molecule has 1 fully saturated rings. The molecule has 0 saturated carbocycles. The summed E-state index contributed by atoms with van der Waals surface area (Å²) in [4.78, 5) is 4.53. The number of ether oxygens (including phenoxy) is 3. The molecule has 1 aliphatic rings. The summed E-state index contributed by atoms with van der Waals surface area (Å²) in [5.41, 5.74) is 0.853. The molecule has 4 nitrogen and oxygen atoms in total. The van der Waals surface area contributed by atoms with Crippen molar-refractivity contribution in [3.05, 3.63) is 16.1 Å². The molecule has 1 atom stereocenters. The van der Waals surface area contributed by atoms with Gasteiger partial charge in [-0.3, -0.25) is 0 Å². The molecule has 0 aromatic carbocycles. The summed E-state index contributed by atoms with van der Waals surface area (Å²) in [6.45, 7) is 0.891. The van der Waals surface area contributed by atoms with E-state index in [4.69, 9.17) is 14.2 Å². The summed E-state index contributed by atoms with van der Waals surface area (Å²) in [6.07, 6.45) is 4.49. The highest BCUT2D eigenvalue weighted by atomic mass is 32.1. The van der Waals surface area contributed by atoms with Crippen molar-refractivity contribution < 1.29 is 14.2 Å². The van der Waals surface area contributed by atoms with Crippen molar-refractivity contribution in [2.24, 2.45) is 0 Å². The van der Waals surface area contributed by atoms with Crippen molar-refractivity contribution in [3.63, 3.8) is 0 Å². The Morgan fingerprint density at radius 2 is 2.29 bits per heavy atom. The van der Waals surface area contributed by atoms with Crippen molar-refractivity contribution in [2.75, 3.05) is 20.8 Å². The Balaban J connectivity index is 1.93. The number of nitrogens with zero attached hydrogens (tertiary/aromatic N) is 1. The molecular weight excluding hydrogens is 238 g/mol. The molecule has 0 N–H and O–H groups in total. The van der Waals surface area contributed by atoms with Crippen LogP contribution in [0.15, 0.2) is 5.38 Å². The van der Waals surface area contributed by atoms with E-state index in [1.54, 1.807) is 25.6 Å². The zero-order valence-corrected chi connectivity index (χ0v) is 11.2. The summed E-state index contributed by atoms with van der Waals surface area (Å²) in [6, 6.07) is 0. The SMILES string of the molecule is COC(OC)c1csc(CC2CCCCO2)n1. The quantitative estimate of drug-likeness (QED) is 0.760. The lowest BCUT2D eigenvalue weighted by atomic mass is 10.1. The van der Waals surface area contributed by atoms with E-state index in [9.17, 15) is 0 Å². The minimum Gasteiger partial charge on any atom is -0.378 e. The number of thiazole rings is 1. The van der Waals surface area contributed by atoms with Gasteiger partial charge in [0.05, 0.1) is 11.1 Å². The fraction of sp³-hybridized carbons (Fsp3) is 0.750. The maximum atomic E-state index is 5.71. The second-order valence-corrected chi connectivity index (χ2v) is 5.10. The Kier molecular flexibility index (Phi) is 4.91. The fourth-order valence-corrected chi connectivity index (χ4v) is 2.89. The predicted molar refractivity (Wildman–Crippen MR) is 66.2 cm³/mol. The van der Waals surface area contributed by atoms with E-state index in [-0.39, 0.29) is 6.29 Å². The lowest BCUT2D eigenvalue weighted by molar-refractivity contribution is -0.108. The standard InChI is InChI=1S/C12H19NO3S/c1-14-12(15-2)10-8-17-11(13-10)7-9-5-3-4-6-16-9/h8-9,12H,3-7H2,1-2H3. The second kappa shape index (κ2) is 6.44.